The lowest BCUT2D eigenvalue weighted by Crippen LogP contribution is -2.67. The van der Waals surface area contributed by atoms with Gasteiger partial charge in [0.05, 0.1) is 51.2 Å². The first-order valence-electron chi connectivity index (χ1n) is 38.4. The maximum absolute atomic E-state index is 15.5. The molecule has 7 aliphatic heterocycles. The summed E-state index contributed by atoms with van der Waals surface area (Å²) in [4.78, 5) is 28.3. The van der Waals surface area contributed by atoms with Crippen molar-refractivity contribution >= 4 is 11.9 Å². The number of carbonyl (C=O) groups is 2. The predicted octanol–water partition coefficient (Wildman–Crippen LogP) is -8.47. The Hall–Kier alpha value is -2.72. The highest BCUT2D eigenvalue weighted by Gasteiger charge is 2.71. The van der Waals surface area contributed by atoms with E-state index < -0.39 is 295 Å². The second-order valence-corrected chi connectivity index (χ2v) is 34.9. The zero-order valence-electron chi connectivity index (χ0n) is 62.7. The normalized spacial score (nSPS) is 53.3. The summed E-state index contributed by atoms with van der Waals surface area (Å²) in [6.45, 7) is 10.2. The van der Waals surface area contributed by atoms with Gasteiger partial charge in [-0.15, -0.1) is 0 Å². The molecule has 0 aromatic carbocycles. The number of ether oxygens (including phenoxy) is 14. The standard InChI is InChI=1S/C72H116O39/c1-67(2)14-16-72(17-15-70(6)25(26(72)18-67)8-9-34-69(5)12-11-35(68(3,4)33(69)10-13-71(34,70)7)107-65-54(94)47(87)56(57(110-65)58(95)96)109-63-51(91)43(83)38(78)29(21-75)103-63)66(97)111-64-52(92)45(85)40(80)31(105-64)23-99-61-53(93)46(86)55(108-62-50(90)42(82)37(77)28(20-74)102-62)32(106-61)24-100-60-49(89)44(84)39(79)30(104-60)22-98-59-48(88)41(81)36(76)27(19-73)101-59/h8,26-57,59-65,73-94H,9-24H2,1-7H3,(H,95,96). The van der Waals surface area contributed by atoms with Crippen molar-refractivity contribution in [2.75, 3.05) is 39.6 Å². The second-order valence-electron chi connectivity index (χ2n) is 34.9. The molecule has 0 aromatic rings. The number of esters is 1. The number of carbonyl (C=O) groups excluding carboxylic acids is 1. The van der Waals surface area contributed by atoms with Crippen molar-refractivity contribution in [1.29, 1.82) is 0 Å². The van der Waals surface area contributed by atoms with Crippen molar-refractivity contribution in [2.45, 2.75) is 334 Å². The molecule has 39 nitrogen and oxygen atoms in total. The monoisotopic (exact) mass is 1600 g/mol. The van der Waals surface area contributed by atoms with Crippen LogP contribution in [0.1, 0.15) is 113 Å². The molecule has 0 radical (unpaired) electrons. The van der Waals surface area contributed by atoms with E-state index in [1.807, 2.05) is 0 Å². The molecular formula is C72H116O39. The van der Waals surface area contributed by atoms with Crippen molar-refractivity contribution in [3.8, 4) is 0 Å². The van der Waals surface area contributed by atoms with Crippen molar-refractivity contribution in [3.05, 3.63) is 11.6 Å². The van der Waals surface area contributed by atoms with Gasteiger partial charge in [0.15, 0.2) is 43.8 Å². The number of rotatable bonds is 21. The van der Waals surface area contributed by atoms with Crippen LogP contribution in [0.2, 0.25) is 0 Å². The Morgan fingerprint density at radius 2 is 0.802 bits per heavy atom. The fraction of sp³-hybridized carbons (Fsp3) is 0.944. The van der Waals surface area contributed by atoms with Crippen molar-refractivity contribution < 1.29 is 193 Å². The molecule has 12 aliphatic rings. The summed E-state index contributed by atoms with van der Waals surface area (Å²) in [5.74, 6) is -2.68. The van der Waals surface area contributed by atoms with Gasteiger partial charge in [-0.3, -0.25) is 4.79 Å². The zero-order valence-corrected chi connectivity index (χ0v) is 62.7. The van der Waals surface area contributed by atoms with Gasteiger partial charge in [-0.05, 0) is 109 Å². The number of fused-ring (bicyclic) bond motifs is 7. The fourth-order valence-electron chi connectivity index (χ4n) is 20.6. The van der Waals surface area contributed by atoms with Gasteiger partial charge in [-0.2, -0.15) is 0 Å². The SMILES string of the molecule is CC1(C)CCC2(C(=O)OC3OC(COC4OC(COC5OC(COC6OC(CO)C(O)C(O)C6O)C(O)C(O)C5O)C(OC5OC(CO)C(O)C(O)C5O)C(O)C4O)C(O)C(O)C3O)CCC3(C)C(=CCC4C5(C)CCC(OC6OC(C(=O)O)C(OC7OC(CO)C(O)C(O)C7O)C(O)C6O)C(C)(C)C5CCC43C)C2C1. The van der Waals surface area contributed by atoms with E-state index in [0.717, 1.165) is 12.0 Å². The molecule has 23 N–H and O–H groups in total. The molecule has 0 spiro atoms. The number of aliphatic carboxylic acids is 1. The summed E-state index contributed by atoms with van der Waals surface area (Å²) >= 11 is 0. The number of aliphatic hydroxyl groups is 22. The molecule has 111 heavy (non-hydrogen) atoms. The largest absolute Gasteiger partial charge is 0.479 e. The van der Waals surface area contributed by atoms with Crippen LogP contribution in [0.25, 0.3) is 0 Å². The van der Waals surface area contributed by atoms with Crippen LogP contribution in [0.15, 0.2) is 11.6 Å². The lowest BCUT2D eigenvalue weighted by atomic mass is 9.33. The topological polar surface area (TPSA) is 629 Å². The third-order valence-corrected chi connectivity index (χ3v) is 27.7. The highest BCUT2D eigenvalue weighted by molar-refractivity contribution is 5.79. The van der Waals surface area contributed by atoms with E-state index in [1.54, 1.807) is 0 Å². The smallest absolute Gasteiger partial charge is 0.335 e. The van der Waals surface area contributed by atoms with E-state index in [2.05, 4.69) is 54.5 Å². The van der Waals surface area contributed by atoms with E-state index in [1.165, 1.54) is 0 Å². The van der Waals surface area contributed by atoms with Gasteiger partial charge in [0.2, 0.25) is 6.29 Å². The Morgan fingerprint density at radius 3 is 1.31 bits per heavy atom. The van der Waals surface area contributed by atoms with Gasteiger partial charge in [0, 0.05) is 0 Å². The molecule has 7 heterocycles. The molecule has 12 rings (SSSR count). The highest BCUT2D eigenvalue weighted by atomic mass is 16.8. The molecule has 0 bridgehead atoms. The minimum atomic E-state index is -2.18. The lowest BCUT2D eigenvalue weighted by molar-refractivity contribution is -0.372. The molecule has 39 heteroatoms. The Morgan fingerprint density at radius 1 is 0.405 bits per heavy atom. The summed E-state index contributed by atoms with van der Waals surface area (Å²) in [6.07, 6.45) is -58.7. The molecule has 7 saturated heterocycles. The van der Waals surface area contributed by atoms with Crippen LogP contribution in [-0.2, 0) is 75.9 Å². The molecule has 4 saturated carbocycles. The van der Waals surface area contributed by atoms with Gasteiger partial charge < -0.3 is 184 Å². The quantitative estimate of drug-likeness (QED) is 0.0288. The summed E-state index contributed by atoms with van der Waals surface area (Å²) in [6, 6.07) is 0. The van der Waals surface area contributed by atoms with Crippen LogP contribution in [0.4, 0.5) is 0 Å². The maximum atomic E-state index is 15.5. The van der Waals surface area contributed by atoms with Crippen LogP contribution >= 0.6 is 0 Å². The third-order valence-electron chi connectivity index (χ3n) is 27.7. The Balaban J connectivity index is 0.722. The van der Waals surface area contributed by atoms with Gasteiger partial charge in [0.1, 0.15) is 165 Å². The summed E-state index contributed by atoms with van der Waals surface area (Å²) < 4.78 is 81.9. The number of aliphatic hydroxyl groups excluding tert-OH is 22. The molecule has 11 fully saturated rings. The molecule has 0 aromatic heterocycles. The summed E-state index contributed by atoms with van der Waals surface area (Å²) in [5.41, 5.74) is -2.21. The fourth-order valence-corrected chi connectivity index (χ4v) is 20.6. The van der Waals surface area contributed by atoms with Gasteiger partial charge in [-0.25, -0.2) is 4.79 Å². The number of allylic oxidation sites excluding steroid dienone is 2. The number of hydrogen-bond donors (Lipinski definition) is 23. The van der Waals surface area contributed by atoms with E-state index in [-0.39, 0.29) is 28.1 Å². The molecular weight excluding hydrogens is 1490 g/mol. The molecule has 5 aliphatic carbocycles. The zero-order chi connectivity index (χ0) is 81.2. The summed E-state index contributed by atoms with van der Waals surface area (Å²) in [5, 5.41) is 249. The summed E-state index contributed by atoms with van der Waals surface area (Å²) in [7, 11) is 0. The van der Waals surface area contributed by atoms with Crippen LogP contribution in [0.3, 0.4) is 0 Å². The van der Waals surface area contributed by atoms with E-state index >= 15 is 4.79 Å². The second kappa shape index (κ2) is 33.5. The first-order valence-corrected chi connectivity index (χ1v) is 38.4. The van der Waals surface area contributed by atoms with Gasteiger partial charge in [-0.1, -0.05) is 60.1 Å². The van der Waals surface area contributed by atoms with Gasteiger partial charge in [0.25, 0.3) is 0 Å². The van der Waals surface area contributed by atoms with Crippen LogP contribution in [0.5, 0.6) is 0 Å². The predicted molar refractivity (Wildman–Crippen MR) is 361 cm³/mol. The molecule has 638 valence electrons. The maximum Gasteiger partial charge on any atom is 0.335 e. The average molecular weight is 1610 g/mol. The Labute approximate surface area is 638 Å². The number of hydrogen-bond acceptors (Lipinski definition) is 38. The van der Waals surface area contributed by atoms with Crippen molar-refractivity contribution in [1.82, 2.24) is 0 Å². The Bertz CT molecular complexity index is 3190. The van der Waals surface area contributed by atoms with Gasteiger partial charge >= 0.3 is 11.9 Å². The molecule has 0 amide bonds. The number of carboxylic acids is 1. The Kier molecular flexibility index (Phi) is 26.4. The van der Waals surface area contributed by atoms with Crippen LogP contribution in [0, 0.1) is 50.2 Å². The van der Waals surface area contributed by atoms with Crippen molar-refractivity contribution in [3.63, 3.8) is 0 Å². The first-order chi connectivity index (χ1) is 52.1. The van der Waals surface area contributed by atoms with E-state index in [0.29, 0.717) is 57.8 Å². The van der Waals surface area contributed by atoms with E-state index in [4.69, 9.17) is 66.3 Å². The first kappa shape index (κ1) is 87.6. The third kappa shape index (κ3) is 15.7. The number of carboxylic acid groups (broad SMARTS) is 1. The van der Waals surface area contributed by atoms with E-state index in [9.17, 15) is 122 Å². The molecule has 43 unspecified atom stereocenters. The minimum Gasteiger partial charge on any atom is -0.479 e. The van der Waals surface area contributed by atoms with Crippen LogP contribution in [-0.4, -0.2) is 390 Å². The van der Waals surface area contributed by atoms with Crippen LogP contribution < -0.4 is 0 Å². The van der Waals surface area contributed by atoms with Crippen molar-refractivity contribution in [2.24, 2.45) is 50.2 Å². The average Bonchev–Trinajstić information content (AvgIpc) is 0.674. The highest BCUT2D eigenvalue weighted by Crippen LogP contribution is 2.76. The lowest BCUT2D eigenvalue weighted by Gasteiger charge is -2.71. The minimum absolute atomic E-state index is 0.0151. The molecule has 43 atom stereocenters.